The van der Waals surface area contributed by atoms with Gasteiger partial charge in [0.2, 0.25) is 5.91 Å². The molecular formula is C21H21ClN2O3. The summed E-state index contributed by atoms with van der Waals surface area (Å²) in [6, 6.07) is 12.8. The number of hydrogen-bond acceptors (Lipinski definition) is 3. The quantitative estimate of drug-likeness (QED) is 0.856. The van der Waals surface area contributed by atoms with Crippen LogP contribution in [0.25, 0.3) is 0 Å². The van der Waals surface area contributed by atoms with E-state index in [0.717, 1.165) is 31.4 Å². The summed E-state index contributed by atoms with van der Waals surface area (Å²) in [5.41, 5.74) is 3.06. The number of nitrogens with zero attached hydrogens (tertiary/aromatic N) is 1. The van der Waals surface area contributed by atoms with Crippen LogP contribution < -0.4 is 10.1 Å². The summed E-state index contributed by atoms with van der Waals surface area (Å²) >= 11 is 5.91. The van der Waals surface area contributed by atoms with Gasteiger partial charge in [-0.1, -0.05) is 23.7 Å². The maximum absolute atomic E-state index is 12.3. The Morgan fingerprint density at radius 2 is 2.00 bits per heavy atom. The molecule has 0 aromatic heterocycles. The average Bonchev–Trinajstić information content (AvgIpc) is 3.50. The van der Waals surface area contributed by atoms with Gasteiger partial charge in [0.25, 0.3) is 5.91 Å². The molecule has 2 aliphatic rings. The molecule has 27 heavy (non-hydrogen) atoms. The Bertz CT molecular complexity index is 879. The van der Waals surface area contributed by atoms with Gasteiger partial charge in [-0.15, -0.1) is 0 Å². The zero-order chi connectivity index (χ0) is 18.8. The van der Waals surface area contributed by atoms with Gasteiger partial charge >= 0.3 is 0 Å². The molecule has 1 fully saturated rings. The summed E-state index contributed by atoms with van der Waals surface area (Å²) in [4.78, 5) is 26.4. The van der Waals surface area contributed by atoms with Crippen LogP contribution in [0.1, 0.15) is 24.0 Å². The molecule has 140 valence electrons. The van der Waals surface area contributed by atoms with Crippen LogP contribution in [0, 0.1) is 5.92 Å². The topological polar surface area (TPSA) is 58.6 Å². The van der Waals surface area contributed by atoms with Gasteiger partial charge in [0.15, 0.2) is 6.61 Å². The van der Waals surface area contributed by atoms with E-state index in [4.69, 9.17) is 16.3 Å². The van der Waals surface area contributed by atoms with Crippen LogP contribution in [0.2, 0.25) is 5.02 Å². The van der Waals surface area contributed by atoms with Crippen LogP contribution in [0.15, 0.2) is 42.5 Å². The molecule has 1 aliphatic heterocycles. The Balaban J connectivity index is 1.36. The number of rotatable bonds is 5. The monoisotopic (exact) mass is 384 g/mol. The number of carbonyl (C=O) groups excluding carboxylic acids is 2. The van der Waals surface area contributed by atoms with E-state index in [1.165, 1.54) is 5.56 Å². The fourth-order valence-corrected chi connectivity index (χ4v) is 3.49. The van der Waals surface area contributed by atoms with Crippen molar-refractivity contribution in [3.63, 3.8) is 0 Å². The average molecular weight is 385 g/mol. The lowest BCUT2D eigenvalue weighted by Gasteiger charge is -2.29. The van der Waals surface area contributed by atoms with Crippen molar-refractivity contribution in [2.45, 2.75) is 25.8 Å². The molecule has 6 heteroatoms. The molecule has 0 atom stereocenters. The molecule has 1 N–H and O–H groups in total. The number of halogens is 1. The highest BCUT2D eigenvalue weighted by Crippen LogP contribution is 2.33. The van der Waals surface area contributed by atoms with Crippen molar-refractivity contribution in [2.75, 3.05) is 18.5 Å². The van der Waals surface area contributed by atoms with Crippen molar-refractivity contribution in [1.29, 1.82) is 0 Å². The summed E-state index contributed by atoms with van der Waals surface area (Å²) < 4.78 is 5.47. The molecule has 5 nitrogen and oxygen atoms in total. The lowest BCUT2D eigenvalue weighted by atomic mass is 9.98. The van der Waals surface area contributed by atoms with Gasteiger partial charge in [0, 0.05) is 29.7 Å². The van der Waals surface area contributed by atoms with E-state index in [9.17, 15) is 9.59 Å². The molecule has 0 radical (unpaired) electrons. The number of hydrogen-bond donors (Lipinski definition) is 1. The third kappa shape index (κ3) is 4.42. The zero-order valence-corrected chi connectivity index (χ0v) is 15.7. The van der Waals surface area contributed by atoms with Crippen LogP contribution in [0.5, 0.6) is 5.75 Å². The third-order valence-electron chi connectivity index (χ3n) is 4.91. The molecule has 2 aromatic carbocycles. The van der Waals surface area contributed by atoms with Crippen LogP contribution in [0.4, 0.5) is 5.69 Å². The number of nitrogens with one attached hydrogen (secondary N) is 1. The number of benzene rings is 2. The van der Waals surface area contributed by atoms with Crippen molar-refractivity contribution in [1.82, 2.24) is 4.90 Å². The molecule has 4 rings (SSSR count). The van der Waals surface area contributed by atoms with Gasteiger partial charge in [0.05, 0.1) is 0 Å². The predicted octanol–water partition coefficient (Wildman–Crippen LogP) is 3.65. The summed E-state index contributed by atoms with van der Waals surface area (Å²) in [7, 11) is 0. The minimum atomic E-state index is -0.239. The van der Waals surface area contributed by atoms with E-state index in [1.807, 2.05) is 23.1 Å². The van der Waals surface area contributed by atoms with Crippen molar-refractivity contribution >= 4 is 29.1 Å². The Kier molecular flexibility index (Phi) is 5.03. The van der Waals surface area contributed by atoms with Crippen molar-refractivity contribution < 1.29 is 14.3 Å². The normalized spacial score (nSPS) is 15.8. The van der Waals surface area contributed by atoms with Crippen molar-refractivity contribution in [2.24, 2.45) is 5.92 Å². The Morgan fingerprint density at radius 1 is 1.15 bits per heavy atom. The molecular weight excluding hydrogens is 364 g/mol. The second kappa shape index (κ2) is 7.61. The van der Waals surface area contributed by atoms with Gasteiger partial charge in [-0.25, -0.2) is 0 Å². The van der Waals surface area contributed by atoms with Crippen LogP contribution >= 0.6 is 11.6 Å². The number of amides is 2. The van der Waals surface area contributed by atoms with Crippen molar-refractivity contribution in [3.05, 3.63) is 58.6 Å². The summed E-state index contributed by atoms with van der Waals surface area (Å²) in [6.45, 7) is 1.30. The first-order valence-corrected chi connectivity index (χ1v) is 9.55. The highest BCUT2D eigenvalue weighted by molar-refractivity contribution is 6.30. The van der Waals surface area contributed by atoms with Gasteiger partial charge in [0.1, 0.15) is 5.75 Å². The first-order valence-electron chi connectivity index (χ1n) is 9.17. The standard InChI is InChI=1S/C21H21ClN2O3/c22-17-2-1-3-19(11-17)27-13-20(25)23-18-7-6-14-8-9-24(12-16(14)10-18)21(26)15-4-5-15/h1-3,6-7,10-11,15H,4-5,8-9,12-13H2,(H,23,25). The van der Waals surface area contributed by atoms with Gasteiger partial charge in [-0.3, -0.25) is 9.59 Å². The van der Waals surface area contributed by atoms with Crippen LogP contribution in [-0.4, -0.2) is 29.9 Å². The van der Waals surface area contributed by atoms with Gasteiger partial charge in [-0.2, -0.15) is 0 Å². The first-order chi connectivity index (χ1) is 13.1. The van der Waals surface area contributed by atoms with E-state index in [2.05, 4.69) is 5.32 Å². The SMILES string of the molecule is O=C(COc1cccc(Cl)c1)Nc1ccc2c(c1)CN(C(=O)C1CC1)CC2. The maximum atomic E-state index is 12.3. The first kappa shape index (κ1) is 17.9. The smallest absolute Gasteiger partial charge is 0.262 e. The Morgan fingerprint density at radius 3 is 2.78 bits per heavy atom. The summed E-state index contributed by atoms with van der Waals surface area (Å²) in [6.07, 6.45) is 2.90. The molecule has 1 heterocycles. The second-order valence-corrected chi connectivity index (χ2v) is 7.50. The lowest BCUT2D eigenvalue weighted by Crippen LogP contribution is -2.36. The van der Waals surface area contributed by atoms with E-state index < -0.39 is 0 Å². The molecule has 0 saturated heterocycles. The molecule has 0 spiro atoms. The maximum Gasteiger partial charge on any atom is 0.262 e. The molecule has 0 unspecified atom stereocenters. The minimum Gasteiger partial charge on any atom is -0.484 e. The van der Waals surface area contributed by atoms with Crippen molar-refractivity contribution in [3.8, 4) is 5.75 Å². The van der Waals surface area contributed by atoms with Crippen LogP contribution in [0.3, 0.4) is 0 Å². The number of anilines is 1. The van der Waals surface area contributed by atoms with E-state index >= 15 is 0 Å². The second-order valence-electron chi connectivity index (χ2n) is 7.06. The molecule has 1 aliphatic carbocycles. The predicted molar refractivity (Wildman–Crippen MR) is 104 cm³/mol. The highest BCUT2D eigenvalue weighted by atomic mass is 35.5. The summed E-state index contributed by atoms with van der Waals surface area (Å²) in [5, 5.41) is 3.42. The molecule has 1 saturated carbocycles. The number of ether oxygens (including phenoxy) is 1. The number of carbonyl (C=O) groups is 2. The number of fused-ring (bicyclic) bond motifs is 1. The zero-order valence-electron chi connectivity index (χ0n) is 14.9. The molecule has 0 bridgehead atoms. The van der Waals surface area contributed by atoms with E-state index in [0.29, 0.717) is 23.0 Å². The largest absolute Gasteiger partial charge is 0.484 e. The highest BCUT2D eigenvalue weighted by Gasteiger charge is 2.34. The van der Waals surface area contributed by atoms with E-state index in [1.54, 1.807) is 24.3 Å². The lowest BCUT2D eigenvalue weighted by molar-refractivity contribution is -0.133. The minimum absolute atomic E-state index is 0.0935. The van der Waals surface area contributed by atoms with Gasteiger partial charge < -0.3 is 15.0 Å². The third-order valence-corrected chi connectivity index (χ3v) is 5.14. The Hall–Kier alpha value is -2.53. The fraction of sp³-hybridized carbons (Fsp3) is 0.333. The molecule has 2 aromatic rings. The fourth-order valence-electron chi connectivity index (χ4n) is 3.31. The summed E-state index contributed by atoms with van der Waals surface area (Å²) in [5.74, 6) is 0.817. The van der Waals surface area contributed by atoms with Gasteiger partial charge in [-0.05, 0) is 60.7 Å². The van der Waals surface area contributed by atoms with Crippen LogP contribution in [-0.2, 0) is 22.6 Å². The van der Waals surface area contributed by atoms with E-state index in [-0.39, 0.29) is 24.3 Å². The molecule has 2 amide bonds. The Labute approximate surface area is 163 Å².